The van der Waals surface area contributed by atoms with Crippen molar-refractivity contribution in [1.29, 1.82) is 0 Å². The van der Waals surface area contributed by atoms with E-state index in [2.05, 4.69) is 53.6 Å². The highest BCUT2D eigenvalue weighted by atomic mass is 16.5. The van der Waals surface area contributed by atoms with Gasteiger partial charge in [0.1, 0.15) is 0 Å². The number of morpholine rings is 1. The molecule has 4 saturated carbocycles. The maximum Gasteiger partial charge on any atom is 0.315 e. The van der Waals surface area contributed by atoms with Crippen LogP contribution in [0.25, 0.3) is 0 Å². The molecule has 1 aromatic rings. The molecule has 4 bridgehead atoms. The van der Waals surface area contributed by atoms with Gasteiger partial charge in [0.15, 0.2) is 0 Å². The van der Waals surface area contributed by atoms with Crippen molar-refractivity contribution in [2.45, 2.75) is 77.3 Å². The van der Waals surface area contributed by atoms with Crippen LogP contribution in [0.1, 0.15) is 57.1 Å². The maximum absolute atomic E-state index is 12.6. The van der Waals surface area contributed by atoms with E-state index in [-0.39, 0.29) is 6.03 Å². The summed E-state index contributed by atoms with van der Waals surface area (Å²) >= 11 is 0. The van der Waals surface area contributed by atoms with Crippen molar-refractivity contribution in [3.05, 3.63) is 35.4 Å². The molecule has 164 valence electrons. The molecule has 2 unspecified atom stereocenters. The summed E-state index contributed by atoms with van der Waals surface area (Å²) < 4.78 is 5.83. The number of rotatable bonds is 5. The summed E-state index contributed by atoms with van der Waals surface area (Å²) in [5, 5.41) is 6.43. The Labute approximate surface area is 180 Å². The highest BCUT2D eigenvalue weighted by molar-refractivity contribution is 5.74. The molecule has 2 N–H and O–H groups in total. The molecule has 30 heavy (non-hydrogen) atoms. The van der Waals surface area contributed by atoms with Gasteiger partial charge in [0.25, 0.3) is 0 Å². The Hall–Kier alpha value is -1.59. The number of hydrogen-bond acceptors (Lipinski definition) is 3. The molecule has 5 aliphatic rings. The van der Waals surface area contributed by atoms with Gasteiger partial charge < -0.3 is 15.4 Å². The summed E-state index contributed by atoms with van der Waals surface area (Å²) in [4.78, 5) is 15.0. The van der Waals surface area contributed by atoms with Crippen LogP contribution in [0.2, 0.25) is 0 Å². The largest absolute Gasteiger partial charge is 0.373 e. The van der Waals surface area contributed by atoms with Crippen molar-refractivity contribution in [1.82, 2.24) is 15.5 Å². The van der Waals surface area contributed by atoms with Gasteiger partial charge in [0.2, 0.25) is 0 Å². The topological polar surface area (TPSA) is 53.6 Å². The Kier molecular flexibility index (Phi) is 5.76. The molecular formula is C25H37N3O2. The molecule has 1 aliphatic heterocycles. The third-order valence-corrected chi connectivity index (χ3v) is 7.90. The predicted molar refractivity (Wildman–Crippen MR) is 118 cm³/mol. The van der Waals surface area contributed by atoms with Crippen LogP contribution in [-0.2, 0) is 17.8 Å². The number of hydrogen-bond donors (Lipinski definition) is 2. The second kappa shape index (κ2) is 8.51. The predicted octanol–water partition coefficient (Wildman–Crippen LogP) is 3.92. The number of benzene rings is 1. The van der Waals surface area contributed by atoms with Crippen molar-refractivity contribution >= 4 is 6.03 Å². The van der Waals surface area contributed by atoms with E-state index < -0.39 is 0 Å². The smallest absolute Gasteiger partial charge is 0.315 e. The van der Waals surface area contributed by atoms with Crippen molar-refractivity contribution in [2.75, 3.05) is 13.1 Å². The van der Waals surface area contributed by atoms with Crippen LogP contribution >= 0.6 is 0 Å². The Morgan fingerprint density at radius 3 is 2.10 bits per heavy atom. The minimum atomic E-state index is 0.00726. The maximum atomic E-state index is 12.6. The fraction of sp³-hybridized carbons (Fsp3) is 0.720. The zero-order chi connectivity index (χ0) is 20.7. The molecule has 1 saturated heterocycles. The lowest BCUT2D eigenvalue weighted by molar-refractivity contribution is -0.0704. The molecule has 0 spiro atoms. The van der Waals surface area contributed by atoms with E-state index in [9.17, 15) is 4.79 Å². The second-order valence-electron chi connectivity index (χ2n) is 10.6. The second-order valence-corrected chi connectivity index (χ2v) is 10.6. The fourth-order valence-electron chi connectivity index (χ4n) is 6.98. The SMILES string of the molecule is CC1CN(Cc2ccc(CNC(=O)NC3C4CC5CC(C4)CC3C5)cc2)CC(C)O1. The number of carbonyl (C=O) groups is 1. The lowest BCUT2D eigenvalue weighted by Gasteiger charge is -2.54. The molecule has 0 aromatic heterocycles. The zero-order valence-corrected chi connectivity index (χ0v) is 18.5. The number of ether oxygens (including phenoxy) is 1. The number of nitrogens with one attached hydrogen (secondary N) is 2. The number of nitrogens with zero attached hydrogens (tertiary/aromatic N) is 1. The van der Waals surface area contributed by atoms with Crippen LogP contribution in [-0.4, -0.2) is 42.3 Å². The normalized spacial score (nSPS) is 37.9. The summed E-state index contributed by atoms with van der Waals surface area (Å²) in [6.07, 6.45) is 7.38. The highest BCUT2D eigenvalue weighted by Crippen LogP contribution is 2.53. The standard InChI is InChI=1S/C25H37N3O2/c1-16-13-28(14-17(2)30-16)15-19-5-3-18(4-6-19)12-26-25(29)27-24-22-8-20-7-21(10-22)11-23(24)9-20/h3-6,16-17,20-24H,7-15H2,1-2H3,(H2,26,27,29). The van der Waals surface area contributed by atoms with Gasteiger partial charge in [0, 0.05) is 32.2 Å². The third-order valence-electron chi connectivity index (χ3n) is 7.90. The number of carbonyl (C=O) groups excluding carboxylic acids is 1. The summed E-state index contributed by atoms with van der Waals surface area (Å²) in [5.74, 6) is 3.32. The third kappa shape index (κ3) is 4.52. The van der Waals surface area contributed by atoms with Crippen LogP contribution in [0.15, 0.2) is 24.3 Å². The van der Waals surface area contributed by atoms with E-state index in [0.717, 1.165) is 48.9 Å². The van der Waals surface area contributed by atoms with E-state index >= 15 is 0 Å². The molecule has 2 amide bonds. The molecule has 4 aliphatic carbocycles. The molecule has 6 rings (SSSR count). The van der Waals surface area contributed by atoms with Crippen LogP contribution < -0.4 is 10.6 Å². The van der Waals surface area contributed by atoms with E-state index in [1.54, 1.807) is 0 Å². The van der Waals surface area contributed by atoms with Crippen LogP contribution in [0.3, 0.4) is 0 Å². The first-order valence-corrected chi connectivity index (χ1v) is 12.0. The molecule has 1 heterocycles. The Bertz CT molecular complexity index is 711. The van der Waals surface area contributed by atoms with E-state index in [1.807, 2.05) is 0 Å². The number of amides is 2. The Morgan fingerprint density at radius 1 is 0.933 bits per heavy atom. The minimum Gasteiger partial charge on any atom is -0.373 e. The van der Waals surface area contributed by atoms with Crippen LogP contribution in [0, 0.1) is 23.7 Å². The molecular weight excluding hydrogens is 374 g/mol. The van der Waals surface area contributed by atoms with Gasteiger partial charge >= 0.3 is 6.03 Å². The van der Waals surface area contributed by atoms with Crippen molar-refractivity contribution in [3.8, 4) is 0 Å². The highest BCUT2D eigenvalue weighted by Gasteiger charge is 2.48. The van der Waals surface area contributed by atoms with Crippen molar-refractivity contribution in [3.63, 3.8) is 0 Å². The monoisotopic (exact) mass is 411 g/mol. The minimum absolute atomic E-state index is 0.00726. The van der Waals surface area contributed by atoms with Gasteiger partial charge in [-0.3, -0.25) is 4.90 Å². The van der Waals surface area contributed by atoms with Gasteiger partial charge in [-0.2, -0.15) is 0 Å². The molecule has 2 atom stereocenters. The first kappa shape index (κ1) is 20.3. The summed E-state index contributed by atoms with van der Waals surface area (Å²) in [7, 11) is 0. The zero-order valence-electron chi connectivity index (χ0n) is 18.5. The Morgan fingerprint density at radius 2 is 1.50 bits per heavy atom. The fourth-order valence-corrected chi connectivity index (χ4v) is 6.98. The van der Waals surface area contributed by atoms with Crippen molar-refractivity contribution in [2.24, 2.45) is 23.7 Å². The van der Waals surface area contributed by atoms with Crippen molar-refractivity contribution < 1.29 is 9.53 Å². The Balaban J connectivity index is 1.09. The van der Waals surface area contributed by atoms with E-state index in [1.165, 1.54) is 37.7 Å². The van der Waals surface area contributed by atoms with E-state index in [4.69, 9.17) is 4.74 Å². The van der Waals surface area contributed by atoms with Gasteiger partial charge in [-0.25, -0.2) is 4.79 Å². The lowest BCUT2D eigenvalue weighted by Crippen LogP contribution is -2.57. The van der Waals surface area contributed by atoms with Crippen LogP contribution in [0.4, 0.5) is 4.79 Å². The van der Waals surface area contributed by atoms with Crippen LogP contribution in [0.5, 0.6) is 0 Å². The first-order chi connectivity index (χ1) is 14.5. The molecule has 5 heteroatoms. The molecule has 5 fully saturated rings. The number of urea groups is 1. The first-order valence-electron chi connectivity index (χ1n) is 12.0. The molecule has 1 aromatic carbocycles. The average molecular weight is 412 g/mol. The summed E-state index contributed by atoms with van der Waals surface area (Å²) in [6, 6.07) is 9.08. The van der Waals surface area contributed by atoms with Gasteiger partial charge in [-0.05, 0) is 80.8 Å². The van der Waals surface area contributed by atoms with Gasteiger partial charge in [0.05, 0.1) is 12.2 Å². The molecule has 0 radical (unpaired) electrons. The quantitative estimate of drug-likeness (QED) is 0.772. The molecule has 5 nitrogen and oxygen atoms in total. The summed E-state index contributed by atoms with van der Waals surface area (Å²) in [5.41, 5.74) is 2.47. The summed E-state index contributed by atoms with van der Waals surface area (Å²) in [6.45, 7) is 7.80. The average Bonchev–Trinajstić information content (AvgIpc) is 2.69. The van der Waals surface area contributed by atoms with Gasteiger partial charge in [-0.15, -0.1) is 0 Å². The lowest BCUT2D eigenvalue weighted by atomic mass is 9.54. The van der Waals surface area contributed by atoms with E-state index in [0.29, 0.717) is 24.8 Å². The van der Waals surface area contributed by atoms with Gasteiger partial charge in [-0.1, -0.05) is 24.3 Å².